The van der Waals surface area contributed by atoms with E-state index in [1.807, 2.05) is 0 Å². The van der Waals surface area contributed by atoms with Crippen LogP contribution in [-0.4, -0.2) is 26.2 Å². The van der Waals surface area contributed by atoms with Gasteiger partial charge in [-0.1, -0.05) is 12.1 Å². The summed E-state index contributed by atoms with van der Waals surface area (Å²) >= 11 is 0. The summed E-state index contributed by atoms with van der Waals surface area (Å²) in [4.78, 5) is 12.9. The molecule has 0 radical (unpaired) electrons. The molecule has 1 heterocycles. The smallest absolute Gasteiger partial charge is 0.276 e. The molecule has 0 saturated carbocycles. The standard InChI is InChI=1S/C17H14FN3O2S/c1-24(23)13-8-6-12(7-9-13)19-17(22)15-10-11-21(20-15)16-5-3-2-4-14(16)18/h2-11H,1H3,(H,19,22)/t24-/m1/s1. The molecule has 0 bridgehead atoms. The molecular weight excluding hydrogens is 329 g/mol. The van der Waals surface area contributed by atoms with Crippen molar-refractivity contribution in [3.8, 4) is 5.69 Å². The largest absolute Gasteiger partial charge is 0.321 e. The molecule has 1 amide bonds. The SMILES string of the molecule is C[S@@](=O)c1ccc(NC(=O)c2ccn(-c3ccccc3F)n2)cc1. The van der Waals surface area contributed by atoms with Crippen LogP contribution >= 0.6 is 0 Å². The number of halogens is 1. The second-order valence-electron chi connectivity index (χ2n) is 5.03. The molecule has 5 nitrogen and oxygen atoms in total. The maximum Gasteiger partial charge on any atom is 0.276 e. The highest BCUT2D eigenvalue weighted by Gasteiger charge is 2.12. The highest BCUT2D eigenvalue weighted by atomic mass is 32.2. The average Bonchev–Trinajstić information content (AvgIpc) is 3.05. The van der Waals surface area contributed by atoms with Crippen molar-refractivity contribution in [1.29, 1.82) is 0 Å². The number of nitrogens with one attached hydrogen (secondary N) is 1. The number of amides is 1. The minimum Gasteiger partial charge on any atom is -0.321 e. The fraction of sp³-hybridized carbons (Fsp3) is 0.0588. The maximum absolute atomic E-state index is 13.7. The normalized spacial score (nSPS) is 11.9. The molecule has 1 atom stereocenters. The quantitative estimate of drug-likeness (QED) is 0.792. The van der Waals surface area contributed by atoms with Gasteiger partial charge in [0.25, 0.3) is 5.91 Å². The molecule has 0 aliphatic carbocycles. The summed E-state index contributed by atoms with van der Waals surface area (Å²) in [5.74, 6) is -0.828. The molecule has 7 heteroatoms. The van der Waals surface area contributed by atoms with Crippen LogP contribution in [-0.2, 0) is 10.8 Å². The van der Waals surface area contributed by atoms with E-state index >= 15 is 0 Å². The molecule has 0 aliphatic heterocycles. The van der Waals surface area contributed by atoms with Crippen LogP contribution in [0.1, 0.15) is 10.5 Å². The molecule has 0 unspecified atom stereocenters. The van der Waals surface area contributed by atoms with Gasteiger partial charge in [0.15, 0.2) is 5.69 Å². The lowest BCUT2D eigenvalue weighted by atomic mass is 10.3. The lowest BCUT2D eigenvalue weighted by Gasteiger charge is -2.04. The third-order valence-corrected chi connectivity index (χ3v) is 4.30. The number of benzene rings is 2. The van der Waals surface area contributed by atoms with Crippen LogP contribution in [0.3, 0.4) is 0 Å². The maximum atomic E-state index is 13.7. The van der Waals surface area contributed by atoms with Crippen LogP contribution in [0.25, 0.3) is 5.69 Å². The number of anilines is 1. The van der Waals surface area contributed by atoms with Gasteiger partial charge in [0.1, 0.15) is 11.5 Å². The van der Waals surface area contributed by atoms with Crippen molar-refractivity contribution < 1.29 is 13.4 Å². The van der Waals surface area contributed by atoms with E-state index in [1.54, 1.807) is 48.7 Å². The molecule has 122 valence electrons. The van der Waals surface area contributed by atoms with Crippen LogP contribution in [0.15, 0.2) is 65.7 Å². The topological polar surface area (TPSA) is 64.0 Å². The first kappa shape index (κ1) is 16.1. The molecule has 1 N–H and O–H groups in total. The van der Waals surface area contributed by atoms with Crippen molar-refractivity contribution in [3.63, 3.8) is 0 Å². The first-order chi connectivity index (χ1) is 11.5. The Balaban J connectivity index is 1.76. The molecule has 0 fully saturated rings. The first-order valence-electron chi connectivity index (χ1n) is 7.10. The Kier molecular flexibility index (Phi) is 4.52. The van der Waals surface area contributed by atoms with E-state index in [4.69, 9.17) is 0 Å². The molecule has 1 aromatic heterocycles. The van der Waals surface area contributed by atoms with Crippen LogP contribution in [0.5, 0.6) is 0 Å². The summed E-state index contributed by atoms with van der Waals surface area (Å²) < 4.78 is 26.4. The Labute approximate surface area is 140 Å². The number of nitrogens with zero attached hydrogens (tertiary/aromatic N) is 2. The van der Waals surface area contributed by atoms with Crippen molar-refractivity contribution in [1.82, 2.24) is 9.78 Å². The average molecular weight is 343 g/mol. The Morgan fingerprint density at radius 3 is 2.50 bits per heavy atom. The second-order valence-corrected chi connectivity index (χ2v) is 6.41. The van der Waals surface area contributed by atoms with Gasteiger partial charge in [-0.25, -0.2) is 9.07 Å². The van der Waals surface area contributed by atoms with Gasteiger partial charge >= 0.3 is 0 Å². The Morgan fingerprint density at radius 2 is 1.83 bits per heavy atom. The van der Waals surface area contributed by atoms with Crippen LogP contribution < -0.4 is 5.32 Å². The highest BCUT2D eigenvalue weighted by Crippen LogP contribution is 2.15. The van der Waals surface area contributed by atoms with Crippen molar-refractivity contribution >= 4 is 22.4 Å². The van der Waals surface area contributed by atoms with Crippen molar-refractivity contribution in [2.75, 3.05) is 11.6 Å². The van der Waals surface area contributed by atoms with E-state index in [1.165, 1.54) is 23.0 Å². The zero-order chi connectivity index (χ0) is 17.1. The van der Waals surface area contributed by atoms with Crippen molar-refractivity contribution in [3.05, 3.63) is 72.3 Å². The van der Waals surface area contributed by atoms with E-state index < -0.39 is 22.5 Å². The predicted molar refractivity (Wildman–Crippen MR) is 90.2 cm³/mol. The number of para-hydroxylation sites is 1. The summed E-state index contributed by atoms with van der Waals surface area (Å²) in [5, 5.41) is 6.80. The minimum atomic E-state index is -1.07. The van der Waals surface area contributed by atoms with Gasteiger partial charge in [0.05, 0.1) is 0 Å². The van der Waals surface area contributed by atoms with Gasteiger partial charge in [-0.3, -0.25) is 9.00 Å². The van der Waals surface area contributed by atoms with Gasteiger partial charge < -0.3 is 5.32 Å². The Hall–Kier alpha value is -2.80. The van der Waals surface area contributed by atoms with Gasteiger partial charge in [-0.05, 0) is 42.5 Å². The minimum absolute atomic E-state index is 0.168. The third-order valence-electron chi connectivity index (χ3n) is 3.37. The second kappa shape index (κ2) is 6.76. The van der Waals surface area contributed by atoms with Gasteiger partial charge in [0.2, 0.25) is 0 Å². The number of rotatable bonds is 4. The van der Waals surface area contributed by atoms with E-state index in [0.29, 0.717) is 10.6 Å². The fourth-order valence-corrected chi connectivity index (χ4v) is 2.66. The van der Waals surface area contributed by atoms with E-state index in [9.17, 15) is 13.4 Å². The van der Waals surface area contributed by atoms with Crippen molar-refractivity contribution in [2.45, 2.75) is 4.90 Å². The fourth-order valence-electron chi connectivity index (χ4n) is 2.14. The molecule has 24 heavy (non-hydrogen) atoms. The Bertz CT molecular complexity index is 906. The summed E-state index contributed by atoms with van der Waals surface area (Å²) in [7, 11) is -1.07. The molecule has 0 aliphatic rings. The number of carbonyl (C=O) groups is 1. The first-order valence-corrected chi connectivity index (χ1v) is 8.66. The van der Waals surface area contributed by atoms with E-state index in [-0.39, 0.29) is 11.4 Å². The lowest BCUT2D eigenvalue weighted by molar-refractivity contribution is 0.102. The summed E-state index contributed by atoms with van der Waals surface area (Å²) in [6, 6.07) is 14.4. The lowest BCUT2D eigenvalue weighted by Crippen LogP contribution is -2.13. The highest BCUT2D eigenvalue weighted by molar-refractivity contribution is 7.84. The summed E-state index contributed by atoms with van der Waals surface area (Å²) in [5.41, 5.74) is 1.00. The number of carbonyl (C=O) groups excluding carboxylic acids is 1. The predicted octanol–water partition coefficient (Wildman–Crippen LogP) is 3.00. The van der Waals surface area contributed by atoms with Gasteiger partial charge in [-0.15, -0.1) is 0 Å². The summed E-state index contributed by atoms with van der Waals surface area (Å²) in [6.45, 7) is 0. The number of hydrogen-bond donors (Lipinski definition) is 1. The van der Waals surface area contributed by atoms with E-state index in [2.05, 4.69) is 10.4 Å². The molecule has 2 aromatic carbocycles. The molecule has 3 rings (SSSR count). The third kappa shape index (κ3) is 3.41. The zero-order valence-corrected chi connectivity index (χ0v) is 13.6. The van der Waals surface area contributed by atoms with Crippen LogP contribution in [0, 0.1) is 5.82 Å². The van der Waals surface area contributed by atoms with Crippen molar-refractivity contribution in [2.24, 2.45) is 0 Å². The molecule has 3 aromatic rings. The van der Waals surface area contributed by atoms with Crippen LogP contribution in [0.2, 0.25) is 0 Å². The Morgan fingerprint density at radius 1 is 1.12 bits per heavy atom. The summed E-state index contributed by atoms with van der Waals surface area (Å²) in [6.07, 6.45) is 3.11. The van der Waals surface area contributed by atoms with Crippen LogP contribution in [0.4, 0.5) is 10.1 Å². The van der Waals surface area contributed by atoms with Gasteiger partial charge in [0, 0.05) is 33.8 Å². The number of aromatic nitrogens is 2. The molecule has 0 spiro atoms. The molecule has 0 saturated heterocycles. The monoisotopic (exact) mass is 343 g/mol. The van der Waals surface area contributed by atoms with E-state index in [0.717, 1.165) is 0 Å². The van der Waals surface area contributed by atoms with Gasteiger partial charge in [-0.2, -0.15) is 5.10 Å². The zero-order valence-electron chi connectivity index (χ0n) is 12.8. The number of hydrogen-bond acceptors (Lipinski definition) is 3. The molecular formula is C17H14FN3O2S.